The van der Waals surface area contributed by atoms with Crippen LogP contribution in [-0.4, -0.2) is 5.25 Å². The molecule has 72 valence electrons. The molecule has 0 amide bonds. The molecule has 1 nitrogen and oxygen atoms in total. The van der Waals surface area contributed by atoms with Gasteiger partial charge < -0.3 is 5.73 Å². The van der Waals surface area contributed by atoms with E-state index in [1.807, 2.05) is 18.7 Å². The fourth-order valence-corrected chi connectivity index (χ4v) is 1.96. The Morgan fingerprint density at radius 2 is 1.62 bits per heavy atom. The zero-order valence-corrected chi connectivity index (χ0v) is 9.27. The van der Waals surface area contributed by atoms with Gasteiger partial charge in [-0.25, -0.2) is 0 Å². The number of nitrogens with two attached hydrogens (primary N) is 1. The zero-order chi connectivity index (χ0) is 9.84. The summed E-state index contributed by atoms with van der Waals surface area (Å²) in [4.78, 5) is 1.32. The molecule has 1 aromatic carbocycles. The van der Waals surface area contributed by atoms with Gasteiger partial charge in [0.1, 0.15) is 0 Å². The van der Waals surface area contributed by atoms with Gasteiger partial charge in [-0.2, -0.15) is 0 Å². The molecule has 0 aromatic heterocycles. The number of hydrogen-bond donors (Lipinski definition) is 1. The predicted octanol–water partition coefficient (Wildman–Crippen LogP) is 3.21. The molecule has 0 unspecified atom stereocenters. The van der Waals surface area contributed by atoms with Crippen LogP contribution < -0.4 is 5.73 Å². The van der Waals surface area contributed by atoms with Crippen LogP contribution in [0.3, 0.4) is 0 Å². The van der Waals surface area contributed by atoms with Gasteiger partial charge in [-0.1, -0.05) is 26.0 Å². The standard InChI is InChI=1S/C11H17NS/c1-8(2)13-11-6-4-10(5-7-11)9(3)12/h4-9H,12H2,1-3H3/t9-/m1/s1. The smallest absolute Gasteiger partial charge is 0.0266 e. The van der Waals surface area contributed by atoms with Crippen LogP contribution in [0.1, 0.15) is 32.4 Å². The fraction of sp³-hybridized carbons (Fsp3) is 0.455. The first kappa shape index (κ1) is 10.6. The topological polar surface area (TPSA) is 26.0 Å². The molecule has 0 heterocycles. The van der Waals surface area contributed by atoms with E-state index in [4.69, 9.17) is 5.73 Å². The Balaban J connectivity index is 2.70. The first-order chi connectivity index (χ1) is 6.09. The first-order valence-electron chi connectivity index (χ1n) is 4.62. The van der Waals surface area contributed by atoms with Gasteiger partial charge in [0.05, 0.1) is 0 Å². The van der Waals surface area contributed by atoms with Crippen LogP contribution >= 0.6 is 11.8 Å². The molecule has 0 radical (unpaired) electrons. The molecule has 2 N–H and O–H groups in total. The average molecular weight is 195 g/mol. The molecule has 0 bridgehead atoms. The lowest BCUT2D eigenvalue weighted by atomic mass is 10.1. The van der Waals surface area contributed by atoms with Crippen molar-refractivity contribution in [1.29, 1.82) is 0 Å². The molecule has 0 aliphatic carbocycles. The summed E-state index contributed by atoms with van der Waals surface area (Å²) >= 11 is 1.88. The van der Waals surface area contributed by atoms with Gasteiger partial charge >= 0.3 is 0 Å². The van der Waals surface area contributed by atoms with Crippen LogP contribution in [0, 0.1) is 0 Å². The molecule has 0 saturated carbocycles. The Labute approximate surface area is 84.7 Å². The molecule has 1 rings (SSSR count). The largest absolute Gasteiger partial charge is 0.324 e. The summed E-state index contributed by atoms with van der Waals surface area (Å²) in [7, 11) is 0. The van der Waals surface area contributed by atoms with E-state index in [-0.39, 0.29) is 6.04 Å². The summed E-state index contributed by atoms with van der Waals surface area (Å²) in [6, 6.07) is 8.63. The molecule has 0 fully saturated rings. The fourth-order valence-electron chi connectivity index (χ4n) is 1.12. The van der Waals surface area contributed by atoms with Crippen molar-refractivity contribution in [2.24, 2.45) is 5.73 Å². The van der Waals surface area contributed by atoms with Crippen molar-refractivity contribution in [3.05, 3.63) is 29.8 Å². The van der Waals surface area contributed by atoms with Crippen LogP contribution in [0.25, 0.3) is 0 Å². The second-order valence-corrected chi connectivity index (χ2v) is 5.17. The molecular weight excluding hydrogens is 178 g/mol. The second-order valence-electron chi connectivity index (χ2n) is 3.52. The number of rotatable bonds is 3. The SMILES string of the molecule is CC(C)Sc1ccc([C@@H](C)N)cc1. The van der Waals surface area contributed by atoms with Crippen molar-refractivity contribution < 1.29 is 0 Å². The quantitative estimate of drug-likeness (QED) is 0.749. The summed E-state index contributed by atoms with van der Waals surface area (Å²) in [5, 5.41) is 0.640. The Hall–Kier alpha value is -0.470. The highest BCUT2D eigenvalue weighted by Gasteiger charge is 2.00. The van der Waals surface area contributed by atoms with Gasteiger partial charge in [0, 0.05) is 16.2 Å². The summed E-state index contributed by atoms with van der Waals surface area (Å²) in [6.07, 6.45) is 0. The Kier molecular flexibility index (Phi) is 3.82. The third-order valence-electron chi connectivity index (χ3n) is 1.78. The van der Waals surface area contributed by atoms with Crippen LogP contribution in [0.2, 0.25) is 0 Å². The molecule has 0 aliphatic heterocycles. The van der Waals surface area contributed by atoms with Crippen LogP contribution in [-0.2, 0) is 0 Å². The van der Waals surface area contributed by atoms with Crippen LogP contribution in [0.5, 0.6) is 0 Å². The van der Waals surface area contributed by atoms with Gasteiger partial charge in [-0.3, -0.25) is 0 Å². The van der Waals surface area contributed by atoms with Gasteiger partial charge in [-0.05, 0) is 24.6 Å². The Morgan fingerprint density at radius 1 is 1.08 bits per heavy atom. The highest BCUT2D eigenvalue weighted by atomic mass is 32.2. The van der Waals surface area contributed by atoms with E-state index in [1.54, 1.807) is 0 Å². The van der Waals surface area contributed by atoms with Crippen molar-refractivity contribution in [1.82, 2.24) is 0 Å². The van der Waals surface area contributed by atoms with E-state index in [2.05, 4.69) is 38.1 Å². The van der Waals surface area contributed by atoms with Crippen LogP contribution in [0.15, 0.2) is 29.2 Å². The third-order valence-corrected chi connectivity index (χ3v) is 2.79. The van der Waals surface area contributed by atoms with E-state index in [0.29, 0.717) is 5.25 Å². The van der Waals surface area contributed by atoms with Crippen LogP contribution in [0.4, 0.5) is 0 Å². The van der Waals surface area contributed by atoms with E-state index in [9.17, 15) is 0 Å². The van der Waals surface area contributed by atoms with E-state index >= 15 is 0 Å². The normalized spacial score (nSPS) is 13.3. The van der Waals surface area contributed by atoms with Crippen molar-refractivity contribution in [3.63, 3.8) is 0 Å². The molecule has 0 spiro atoms. The van der Waals surface area contributed by atoms with Crippen molar-refractivity contribution in [2.45, 2.75) is 37.0 Å². The summed E-state index contributed by atoms with van der Waals surface area (Å²) < 4.78 is 0. The minimum atomic E-state index is 0.137. The van der Waals surface area contributed by atoms with Gasteiger partial charge in [-0.15, -0.1) is 11.8 Å². The summed E-state index contributed by atoms with van der Waals surface area (Å²) in [5.74, 6) is 0. The molecule has 13 heavy (non-hydrogen) atoms. The molecule has 0 aliphatic rings. The predicted molar refractivity (Wildman–Crippen MR) is 60.0 cm³/mol. The van der Waals surface area contributed by atoms with E-state index in [0.717, 1.165) is 0 Å². The lowest BCUT2D eigenvalue weighted by Gasteiger charge is -2.08. The van der Waals surface area contributed by atoms with Gasteiger partial charge in [0.15, 0.2) is 0 Å². The van der Waals surface area contributed by atoms with E-state index in [1.165, 1.54) is 10.5 Å². The van der Waals surface area contributed by atoms with Crippen molar-refractivity contribution in [2.75, 3.05) is 0 Å². The molecule has 1 aromatic rings. The van der Waals surface area contributed by atoms with Gasteiger partial charge in [0.25, 0.3) is 0 Å². The molecule has 2 heteroatoms. The number of benzene rings is 1. The lowest BCUT2D eigenvalue weighted by Crippen LogP contribution is -2.04. The molecular formula is C11H17NS. The van der Waals surface area contributed by atoms with Gasteiger partial charge in [0.2, 0.25) is 0 Å². The van der Waals surface area contributed by atoms with Crippen molar-refractivity contribution in [3.8, 4) is 0 Å². The highest BCUT2D eigenvalue weighted by molar-refractivity contribution is 7.99. The third kappa shape index (κ3) is 3.41. The maximum Gasteiger partial charge on any atom is 0.0266 e. The Morgan fingerprint density at radius 3 is 2.00 bits per heavy atom. The number of hydrogen-bond acceptors (Lipinski definition) is 2. The van der Waals surface area contributed by atoms with E-state index < -0.39 is 0 Å². The summed E-state index contributed by atoms with van der Waals surface area (Å²) in [5.41, 5.74) is 6.96. The maximum absolute atomic E-state index is 5.76. The maximum atomic E-state index is 5.76. The minimum Gasteiger partial charge on any atom is -0.324 e. The van der Waals surface area contributed by atoms with Crippen molar-refractivity contribution >= 4 is 11.8 Å². The lowest BCUT2D eigenvalue weighted by molar-refractivity contribution is 0.817. The monoisotopic (exact) mass is 195 g/mol. The Bertz CT molecular complexity index is 251. The minimum absolute atomic E-state index is 0.137. The highest BCUT2D eigenvalue weighted by Crippen LogP contribution is 2.23. The second kappa shape index (κ2) is 4.68. The molecule has 1 atom stereocenters. The zero-order valence-electron chi connectivity index (χ0n) is 8.45. The molecule has 0 saturated heterocycles. The summed E-state index contributed by atoms with van der Waals surface area (Å²) in [6.45, 7) is 6.40. The number of thioether (sulfide) groups is 1. The average Bonchev–Trinajstić information content (AvgIpc) is 2.04. The first-order valence-corrected chi connectivity index (χ1v) is 5.49.